The molecular formula is C36H45N3O9S. The maximum absolute atomic E-state index is 13.1. The van der Waals surface area contributed by atoms with Crippen LogP contribution >= 0.6 is 0 Å². The Bertz CT molecular complexity index is 1710. The number of non-ortho nitro benzene ring substituents is 1. The van der Waals surface area contributed by atoms with Gasteiger partial charge in [-0.1, -0.05) is 49.2 Å². The number of hydrogen-bond acceptors (Lipinski definition) is 9. The standard InChI is InChI=1S/C36H45N3O9S/c1-36(2,3)48-35(43)38(24-33(41)28-13-16-30(17-14-28)39(44)45)20-19-25-9-11-26(12-10-25)29-15-18-31(32(23-29)27-7-4-5-8-27)34(42)37-49(46,47)22-6-21-40/h9-18,23,27,33,40-41H,4-8,19-22,24H2,1-3H3,(H,37,42)/t33-/m0/s1. The van der Waals surface area contributed by atoms with Crippen molar-refractivity contribution >= 4 is 27.7 Å². The molecule has 0 aromatic heterocycles. The van der Waals surface area contributed by atoms with E-state index in [0.717, 1.165) is 47.9 Å². The first-order valence-corrected chi connectivity index (χ1v) is 18.1. The number of nitrogens with zero attached hydrogens (tertiary/aromatic N) is 2. The fourth-order valence-corrected chi connectivity index (χ4v) is 6.87. The molecule has 0 spiro atoms. The minimum absolute atomic E-state index is 0.0379. The summed E-state index contributed by atoms with van der Waals surface area (Å²) in [6.07, 6.45) is 2.71. The second-order valence-corrected chi connectivity index (χ2v) is 15.2. The molecule has 0 radical (unpaired) electrons. The van der Waals surface area contributed by atoms with Gasteiger partial charge in [0, 0.05) is 30.8 Å². The van der Waals surface area contributed by atoms with Crippen molar-refractivity contribution in [3.8, 4) is 11.1 Å². The van der Waals surface area contributed by atoms with E-state index in [2.05, 4.69) is 4.72 Å². The van der Waals surface area contributed by atoms with Crippen LogP contribution in [-0.2, 0) is 21.2 Å². The number of amides is 2. The Morgan fingerprint density at radius 2 is 1.65 bits per heavy atom. The summed E-state index contributed by atoms with van der Waals surface area (Å²) in [5.41, 5.74) is 3.45. The molecule has 0 heterocycles. The molecule has 2 amide bonds. The molecule has 4 rings (SSSR count). The van der Waals surface area contributed by atoms with Crippen molar-refractivity contribution < 1.29 is 37.9 Å². The average Bonchev–Trinajstić information content (AvgIpc) is 3.60. The minimum Gasteiger partial charge on any atom is -0.444 e. The van der Waals surface area contributed by atoms with Crippen molar-refractivity contribution in [2.24, 2.45) is 0 Å². The van der Waals surface area contributed by atoms with E-state index in [1.54, 1.807) is 32.9 Å². The fourth-order valence-electron chi connectivity index (χ4n) is 5.87. The number of nitro groups is 1. The lowest BCUT2D eigenvalue weighted by Crippen LogP contribution is -2.40. The summed E-state index contributed by atoms with van der Waals surface area (Å²) in [6, 6.07) is 18.8. The average molecular weight is 696 g/mol. The van der Waals surface area contributed by atoms with Crippen molar-refractivity contribution in [2.45, 2.75) is 76.9 Å². The van der Waals surface area contributed by atoms with E-state index < -0.39 is 38.7 Å². The van der Waals surface area contributed by atoms with Crippen LogP contribution in [0.5, 0.6) is 0 Å². The van der Waals surface area contributed by atoms with Crippen LogP contribution < -0.4 is 4.72 Å². The Labute approximate surface area is 287 Å². The van der Waals surface area contributed by atoms with Gasteiger partial charge in [-0.2, -0.15) is 0 Å². The molecule has 0 bridgehead atoms. The quantitative estimate of drug-likeness (QED) is 0.137. The van der Waals surface area contributed by atoms with E-state index >= 15 is 0 Å². The highest BCUT2D eigenvalue weighted by Gasteiger charge is 2.27. The number of sulfonamides is 1. The lowest BCUT2D eigenvalue weighted by Gasteiger charge is -2.29. The molecule has 264 valence electrons. The molecule has 3 aromatic rings. The Hall–Kier alpha value is -4.33. The van der Waals surface area contributed by atoms with Gasteiger partial charge in [0.15, 0.2) is 0 Å². The van der Waals surface area contributed by atoms with Crippen molar-refractivity contribution in [3.05, 3.63) is 99.1 Å². The molecule has 1 atom stereocenters. The van der Waals surface area contributed by atoms with Crippen LogP contribution in [0.1, 0.15) is 91.9 Å². The molecule has 1 aliphatic rings. The number of carbonyl (C=O) groups excluding carboxylic acids is 2. The van der Waals surface area contributed by atoms with Gasteiger partial charge in [-0.25, -0.2) is 17.9 Å². The maximum Gasteiger partial charge on any atom is 0.410 e. The van der Waals surface area contributed by atoms with Crippen molar-refractivity contribution in [1.29, 1.82) is 0 Å². The second-order valence-electron chi connectivity index (χ2n) is 13.3. The Morgan fingerprint density at radius 3 is 2.24 bits per heavy atom. The second kappa shape index (κ2) is 16.4. The lowest BCUT2D eigenvalue weighted by molar-refractivity contribution is -0.384. The summed E-state index contributed by atoms with van der Waals surface area (Å²) < 4.78 is 32.5. The predicted molar refractivity (Wildman–Crippen MR) is 186 cm³/mol. The Kier molecular flexibility index (Phi) is 12.5. The molecule has 13 heteroatoms. The van der Waals surface area contributed by atoms with Gasteiger partial charge < -0.3 is 19.8 Å². The molecule has 12 nitrogen and oxygen atoms in total. The van der Waals surface area contributed by atoms with Gasteiger partial charge in [0.2, 0.25) is 10.0 Å². The van der Waals surface area contributed by atoms with Crippen molar-refractivity contribution in [3.63, 3.8) is 0 Å². The number of nitrogens with one attached hydrogen (secondary N) is 1. The molecule has 3 aromatic carbocycles. The highest BCUT2D eigenvalue weighted by Crippen LogP contribution is 2.38. The van der Waals surface area contributed by atoms with Crippen LogP contribution in [0.2, 0.25) is 0 Å². The van der Waals surface area contributed by atoms with Crippen LogP contribution in [0.3, 0.4) is 0 Å². The number of nitro benzene ring substituents is 1. The number of aliphatic hydroxyl groups excluding tert-OH is 2. The monoisotopic (exact) mass is 695 g/mol. The third-order valence-electron chi connectivity index (χ3n) is 8.40. The smallest absolute Gasteiger partial charge is 0.410 e. The van der Waals surface area contributed by atoms with Crippen LogP contribution in [0.15, 0.2) is 66.7 Å². The first-order chi connectivity index (χ1) is 23.2. The highest BCUT2D eigenvalue weighted by molar-refractivity contribution is 7.90. The summed E-state index contributed by atoms with van der Waals surface area (Å²) in [5.74, 6) is -0.871. The van der Waals surface area contributed by atoms with Gasteiger partial charge in [0.05, 0.1) is 23.3 Å². The molecule has 49 heavy (non-hydrogen) atoms. The number of rotatable bonds is 14. The van der Waals surface area contributed by atoms with Crippen LogP contribution in [0.25, 0.3) is 11.1 Å². The Balaban J connectivity index is 1.49. The van der Waals surface area contributed by atoms with Crippen LogP contribution in [-0.4, -0.2) is 71.5 Å². The largest absolute Gasteiger partial charge is 0.444 e. The topological polar surface area (TPSA) is 176 Å². The van der Waals surface area contributed by atoms with Gasteiger partial charge in [-0.3, -0.25) is 14.9 Å². The zero-order valence-corrected chi connectivity index (χ0v) is 28.9. The Morgan fingerprint density at radius 1 is 1.02 bits per heavy atom. The minimum atomic E-state index is -3.88. The molecule has 1 fully saturated rings. The van der Waals surface area contributed by atoms with Crippen LogP contribution in [0, 0.1) is 10.1 Å². The zero-order chi connectivity index (χ0) is 35.8. The fraction of sp³-hybridized carbons (Fsp3) is 0.444. The van der Waals surface area contributed by atoms with Gasteiger partial charge in [0.25, 0.3) is 11.6 Å². The summed E-state index contributed by atoms with van der Waals surface area (Å²) in [4.78, 5) is 38.1. The van der Waals surface area contributed by atoms with Gasteiger partial charge in [-0.15, -0.1) is 0 Å². The predicted octanol–water partition coefficient (Wildman–Crippen LogP) is 5.87. The summed E-state index contributed by atoms with van der Waals surface area (Å²) in [7, 11) is -3.88. The third-order valence-corrected chi connectivity index (χ3v) is 9.72. The number of ether oxygens (including phenoxy) is 1. The summed E-state index contributed by atoms with van der Waals surface area (Å²) in [5, 5.41) is 30.9. The highest BCUT2D eigenvalue weighted by atomic mass is 32.2. The molecule has 3 N–H and O–H groups in total. The molecule has 0 unspecified atom stereocenters. The van der Waals surface area contributed by atoms with Crippen molar-refractivity contribution in [2.75, 3.05) is 25.4 Å². The van der Waals surface area contributed by atoms with Gasteiger partial charge >= 0.3 is 6.09 Å². The molecule has 0 aliphatic heterocycles. The van der Waals surface area contributed by atoms with Crippen molar-refractivity contribution in [1.82, 2.24) is 9.62 Å². The van der Waals surface area contributed by atoms with E-state index in [-0.39, 0.29) is 43.5 Å². The van der Waals surface area contributed by atoms with E-state index in [4.69, 9.17) is 9.84 Å². The first kappa shape index (κ1) is 37.5. The molecule has 0 saturated heterocycles. The zero-order valence-electron chi connectivity index (χ0n) is 28.1. The summed E-state index contributed by atoms with van der Waals surface area (Å²) in [6.45, 7) is 5.16. The normalized spacial score (nSPS) is 14.3. The number of hydrogen-bond donors (Lipinski definition) is 3. The SMILES string of the molecule is CC(C)(C)OC(=O)N(CCc1ccc(-c2ccc(C(=O)NS(=O)(=O)CCCO)c(C3CCCC3)c2)cc1)C[C@H](O)c1ccc([N+](=O)[O-])cc1. The van der Waals surface area contributed by atoms with Crippen LogP contribution in [0.4, 0.5) is 10.5 Å². The van der Waals surface area contributed by atoms with Gasteiger partial charge in [-0.05, 0) is 98.4 Å². The molecular weight excluding hydrogens is 650 g/mol. The number of aliphatic hydroxyl groups is 2. The van der Waals surface area contributed by atoms with E-state index in [9.17, 15) is 33.2 Å². The van der Waals surface area contributed by atoms with E-state index in [1.807, 2.05) is 30.3 Å². The summed E-state index contributed by atoms with van der Waals surface area (Å²) >= 11 is 0. The maximum atomic E-state index is 13.1. The molecule has 1 saturated carbocycles. The lowest BCUT2D eigenvalue weighted by atomic mass is 9.89. The van der Waals surface area contributed by atoms with Gasteiger partial charge in [0.1, 0.15) is 5.60 Å². The van der Waals surface area contributed by atoms with E-state index in [0.29, 0.717) is 17.5 Å². The number of benzene rings is 3. The third kappa shape index (κ3) is 10.8. The van der Waals surface area contributed by atoms with E-state index in [1.165, 1.54) is 29.2 Å². The molecule has 1 aliphatic carbocycles. The number of carbonyl (C=O) groups is 2. The first-order valence-electron chi connectivity index (χ1n) is 16.4.